The van der Waals surface area contributed by atoms with Crippen LogP contribution in [0.25, 0.3) is 0 Å². The Labute approximate surface area is 101 Å². The van der Waals surface area contributed by atoms with Gasteiger partial charge in [0.15, 0.2) is 0 Å². The second-order valence-electron chi connectivity index (χ2n) is 5.76. The van der Waals surface area contributed by atoms with Crippen molar-refractivity contribution in [2.45, 2.75) is 70.4 Å². The van der Waals surface area contributed by atoms with Crippen LogP contribution in [0.15, 0.2) is 0 Å². The molecule has 1 saturated carbocycles. The Morgan fingerprint density at radius 2 is 1.81 bits per heavy atom. The van der Waals surface area contributed by atoms with E-state index in [1.807, 2.05) is 0 Å². The average molecular weight is 224 g/mol. The standard InChI is InChI=1S/C14H28N2/c1-12(14-9-5-6-10-15-14)16-11-13-7-3-2-4-8-13/h12-16H,2-11H2,1H3. The van der Waals surface area contributed by atoms with E-state index in [2.05, 4.69) is 17.6 Å². The Kier molecular flexibility index (Phi) is 5.11. The van der Waals surface area contributed by atoms with Crippen LogP contribution < -0.4 is 10.6 Å². The maximum absolute atomic E-state index is 3.76. The summed E-state index contributed by atoms with van der Waals surface area (Å²) in [7, 11) is 0. The number of rotatable bonds is 4. The average Bonchev–Trinajstić information content (AvgIpc) is 2.38. The van der Waals surface area contributed by atoms with Crippen LogP contribution in [0, 0.1) is 5.92 Å². The van der Waals surface area contributed by atoms with Gasteiger partial charge in [-0.1, -0.05) is 25.7 Å². The first-order chi connectivity index (χ1) is 7.86. The molecular formula is C14H28N2. The van der Waals surface area contributed by atoms with Crippen LogP contribution in [-0.4, -0.2) is 25.2 Å². The largest absolute Gasteiger partial charge is 0.312 e. The zero-order valence-electron chi connectivity index (χ0n) is 10.8. The molecule has 2 aliphatic rings. The minimum Gasteiger partial charge on any atom is -0.312 e. The number of hydrogen-bond acceptors (Lipinski definition) is 2. The summed E-state index contributed by atoms with van der Waals surface area (Å²) in [6, 6.07) is 1.37. The van der Waals surface area contributed by atoms with Crippen LogP contribution >= 0.6 is 0 Å². The summed E-state index contributed by atoms with van der Waals surface area (Å²) in [4.78, 5) is 0. The molecule has 0 aromatic carbocycles. The lowest BCUT2D eigenvalue weighted by molar-refractivity contribution is 0.285. The van der Waals surface area contributed by atoms with Crippen molar-refractivity contribution in [1.29, 1.82) is 0 Å². The molecule has 2 rings (SSSR count). The van der Waals surface area contributed by atoms with Crippen LogP contribution in [0.1, 0.15) is 58.3 Å². The van der Waals surface area contributed by atoms with E-state index in [0.29, 0.717) is 6.04 Å². The van der Waals surface area contributed by atoms with Crippen molar-refractivity contribution in [1.82, 2.24) is 10.6 Å². The molecule has 2 atom stereocenters. The van der Waals surface area contributed by atoms with E-state index in [1.165, 1.54) is 64.5 Å². The van der Waals surface area contributed by atoms with E-state index in [0.717, 1.165) is 12.0 Å². The lowest BCUT2D eigenvalue weighted by Gasteiger charge is -2.31. The van der Waals surface area contributed by atoms with Crippen molar-refractivity contribution in [3.05, 3.63) is 0 Å². The van der Waals surface area contributed by atoms with Crippen LogP contribution in [0.5, 0.6) is 0 Å². The van der Waals surface area contributed by atoms with Gasteiger partial charge in [-0.3, -0.25) is 0 Å². The van der Waals surface area contributed by atoms with Crippen LogP contribution in [0.4, 0.5) is 0 Å². The lowest BCUT2D eigenvalue weighted by atomic mass is 9.89. The molecule has 2 N–H and O–H groups in total. The highest BCUT2D eigenvalue weighted by Crippen LogP contribution is 2.23. The Balaban J connectivity index is 1.63. The molecule has 2 heteroatoms. The number of piperidine rings is 1. The number of hydrogen-bond donors (Lipinski definition) is 2. The smallest absolute Gasteiger partial charge is 0.0218 e. The van der Waals surface area contributed by atoms with E-state index in [9.17, 15) is 0 Å². The fourth-order valence-corrected chi connectivity index (χ4v) is 3.19. The molecular weight excluding hydrogens is 196 g/mol. The molecule has 94 valence electrons. The minimum absolute atomic E-state index is 0.655. The molecule has 1 saturated heterocycles. The van der Waals surface area contributed by atoms with Crippen LogP contribution in [0.2, 0.25) is 0 Å². The second-order valence-corrected chi connectivity index (χ2v) is 5.76. The van der Waals surface area contributed by atoms with Crippen molar-refractivity contribution in [3.8, 4) is 0 Å². The van der Waals surface area contributed by atoms with E-state index in [-0.39, 0.29) is 0 Å². The number of nitrogens with one attached hydrogen (secondary N) is 2. The molecule has 2 unspecified atom stereocenters. The van der Waals surface area contributed by atoms with Crippen LogP contribution in [-0.2, 0) is 0 Å². The molecule has 0 aromatic rings. The van der Waals surface area contributed by atoms with Crippen LogP contribution in [0.3, 0.4) is 0 Å². The zero-order chi connectivity index (χ0) is 11.2. The third kappa shape index (κ3) is 3.74. The Bertz CT molecular complexity index is 181. The van der Waals surface area contributed by atoms with Gasteiger partial charge in [0.1, 0.15) is 0 Å². The highest BCUT2D eigenvalue weighted by atomic mass is 15.0. The van der Waals surface area contributed by atoms with Gasteiger partial charge in [-0.15, -0.1) is 0 Å². The quantitative estimate of drug-likeness (QED) is 0.767. The summed E-state index contributed by atoms with van der Waals surface area (Å²) < 4.78 is 0. The van der Waals surface area contributed by atoms with E-state index >= 15 is 0 Å². The van der Waals surface area contributed by atoms with E-state index < -0.39 is 0 Å². The maximum atomic E-state index is 3.76. The molecule has 0 amide bonds. The summed E-state index contributed by atoms with van der Waals surface area (Å²) >= 11 is 0. The lowest BCUT2D eigenvalue weighted by Crippen LogP contribution is -2.49. The summed E-state index contributed by atoms with van der Waals surface area (Å²) in [6.45, 7) is 4.82. The summed E-state index contributed by atoms with van der Waals surface area (Å²) in [6.07, 6.45) is 11.4. The fraction of sp³-hybridized carbons (Fsp3) is 1.00. The summed E-state index contributed by atoms with van der Waals surface area (Å²) in [5, 5.41) is 7.40. The first kappa shape index (κ1) is 12.4. The van der Waals surface area contributed by atoms with Gasteiger partial charge in [0.2, 0.25) is 0 Å². The first-order valence-electron chi connectivity index (χ1n) is 7.33. The van der Waals surface area contributed by atoms with Gasteiger partial charge in [-0.25, -0.2) is 0 Å². The van der Waals surface area contributed by atoms with Crippen molar-refractivity contribution < 1.29 is 0 Å². The zero-order valence-corrected chi connectivity index (χ0v) is 10.8. The molecule has 1 aliphatic carbocycles. The van der Waals surface area contributed by atoms with Crippen molar-refractivity contribution in [2.75, 3.05) is 13.1 Å². The molecule has 2 nitrogen and oxygen atoms in total. The topological polar surface area (TPSA) is 24.1 Å². The molecule has 0 spiro atoms. The Morgan fingerprint density at radius 1 is 1.06 bits per heavy atom. The maximum Gasteiger partial charge on any atom is 0.0218 e. The highest BCUT2D eigenvalue weighted by molar-refractivity contribution is 4.82. The Hall–Kier alpha value is -0.0800. The predicted octanol–water partition coefficient (Wildman–Crippen LogP) is 2.69. The second kappa shape index (κ2) is 6.61. The van der Waals surface area contributed by atoms with Gasteiger partial charge in [-0.2, -0.15) is 0 Å². The first-order valence-corrected chi connectivity index (χ1v) is 7.33. The Morgan fingerprint density at radius 3 is 2.50 bits per heavy atom. The predicted molar refractivity (Wildman–Crippen MR) is 69.7 cm³/mol. The van der Waals surface area contributed by atoms with Gasteiger partial charge >= 0.3 is 0 Å². The molecule has 16 heavy (non-hydrogen) atoms. The molecule has 0 aromatic heterocycles. The molecule has 0 bridgehead atoms. The monoisotopic (exact) mass is 224 g/mol. The molecule has 1 heterocycles. The van der Waals surface area contributed by atoms with Crippen molar-refractivity contribution in [2.24, 2.45) is 5.92 Å². The summed E-state index contributed by atoms with van der Waals surface area (Å²) in [5.74, 6) is 0.958. The van der Waals surface area contributed by atoms with Gasteiger partial charge in [0.25, 0.3) is 0 Å². The highest BCUT2D eigenvalue weighted by Gasteiger charge is 2.20. The third-order valence-corrected chi connectivity index (χ3v) is 4.41. The van der Waals surface area contributed by atoms with Gasteiger partial charge in [-0.05, 0) is 51.6 Å². The minimum atomic E-state index is 0.655. The fourth-order valence-electron chi connectivity index (χ4n) is 3.19. The van der Waals surface area contributed by atoms with E-state index in [1.54, 1.807) is 0 Å². The van der Waals surface area contributed by atoms with E-state index in [4.69, 9.17) is 0 Å². The van der Waals surface area contributed by atoms with Crippen molar-refractivity contribution >= 4 is 0 Å². The molecule has 0 radical (unpaired) electrons. The normalized spacial score (nSPS) is 30.2. The molecule has 1 aliphatic heterocycles. The van der Waals surface area contributed by atoms with Gasteiger partial charge in [0, 0.05) is 12.1 Å². The van der Waals surface area contributed by atoms with Gasteiger partial charge < -0.3 is 10.6 Å². The molecule has 2 fully saturated rings. The van der Waals surface area contributed by atoms with Gasteiger partial charge in [0.05, 0.1) is 0 Å². The SMILES string of the molecule is CC(NCC1CCCCC1)C1CCCCN1. The third-order valence-electron chi connectivity index (χ3n) is 4.41. The summed E-state index contributed by atoms with van der Waals surface area (Å²) in [5.41, 5.74) is 0. The van der Waals surface area contributed by atoms with Crippen molar-refractivity contribution in [3.63, 3.8) is 0 Å².